The van der Waals surface area contributed by atoms with Gasteiger partial charge in [-0.2, -0.15) is 0 Å². The van der Waals surface area contributed by atoms with E-state index in [1.54, 1.807) is 19.5 Å². The number of hydrogen-bond donors (Lipinski definition) is 1. The molecule has 1 aromatic heterocycles. The van der Waals surface area contributed by atoms with Crippen LogP contribution in [0.4, 0.5) is 0 Å². The van der Waals surface area contributed by atoms with Gasteiger partial charge in [-0.15, -0.1) is 0 Å². The lowest BCUT2D eigenvalue weighted by atomic mass is 9.81. The van der Waals surface area contributed by atoms with E-state index >= 15 is 0 Å². The van der Waals surface area contributed by atoms with Crippen LogP contribution in [0.3, 0.4) is 0 Å². The van der Waals surface area contributed by atoms with Crippen LogP contribution in [0.2, 0.25) is 0 Å². The molecule has 0 aromatic carbocycles. The van der Waals surface area contributed by atoms with E-state index in [-0.39, 0.29) is 17.2 Å². The molecule has 0 bridgehead atoms. The summed E-state index contributed by atoms with van der Waals surface area (Å²) < 4.78 is 28.8. The summed E-state index contributed by atoms with van der Waals surface area (Å²) in [4.78, 5) is 4.02. The van der Waals surface area contributed by atoms with Crippen LogP contribution < -0.4 is 10.5 Å². The standard InChI is InChI=1S/C14H22N2O3S/c1-19-13-9-16-7-6-12(13)14(15)10-4-3-5-11(8-10)20(2,17)18/h6-7,9-11,14H,3-5,8,15H2,1-2H3. The van der Waals surface area contributed by atoms with E-state index in [0.29, 0.717) is 12.2 Å². The summed E-state index contributed by atoms with van der Waals surface area (Å²) in [5.41, 5.74) is 7.25. The minimum atomic E-state index is -2.99. The molecule has 1 aliphatic rings. The smallest absolute Gasteiger partial charge is 0.150 e. The number of aromatic nitrogens is 1. The third kappa shape index (κ3) is 3.30. The van der Waals surface area contributed by atoms with Crippen LogP contribution in [0.15, 0.2) is 18.5 Å². The number of nitrogens with zero attached hydrogens (tertiary/aromatic N) is 1. The SMILES string of the molecule is COc1cnccc1C(N)C1CCCC(S(C)(=O)=O)C1. The van der Waals surface area contributed by atoms with Gasteiger partial charge in [0.2, 0.25) is 0 Å². The Morgan fingerprint density at radius 1 is 1.45 bits per heavy atom. The molecule has 6 heteroatoms. The molecule has 0 saturated heterocycles. The molecule has 0 radical (unpaired) electrons. The fraction of sp³-hybridized carbons (Fsp3) is 0.643. The molecule has 1 saturated carbocycles. The first-order valence-corrected chi connectivity index (χ1v) is 8.81. The van der Waals surface area contributed by atoms with Crippen LogP contribution in [0, 0.1) is 5.92 Å². The first kappa shape index (κ1) is 15.3. The number of nitrogens with two attached hydrogens (primary N) is 1. The molecule has 112 valence electrons. The summed E-state index contributed by atoms with van der Waals surface area (Å²) in [5, 5.41) is -0.264. The Kier molecular flexibility index (Phi) is 4.65. The van der Waals surface area contributed by atoms with Crippen molar-refractivity contribution < 1.29 is 13.2 Å². The molecule has 20 heavy (non-hydrogen) atoms. The average Bonchev–Trinajstić information content (AvgIpc) is 2.45. The van der Waals surface area contributed by atoms with E-state index in [2.05, 4.69) is 4.98 Å². The largest absolute Gasteiger partial charge is 0.495 e. The minimum absolute atomic E-state index is 0.166. The highest BCUT2D eigenvalue weighted by molar-refractivity contribution is 7.91. The zero-order chi connectivity index (χ0) is 14.8. The second kappa shape index (κ2) is 6.10. The van der Waals surface area contributed by atoms with E-state index in [9.17, 15) is 8.42 Å². The number of methoxy groups -OCH3 is 1. The molecule has 2 rings (SSSR count). The second-order valence-corrected chi connectivity index (χ2v) is 7.85. The van der Waals surface area contributed by atoms with Gasteiger partial charge in [-0.05, 0) is 31.2 Å². The molecule has 1 fully saturated rings. The summed E-state index contributed by atoms with van der Waals surface area (Å²) in [7, 11) is -1.40. The van der Waals surface area contributed by atoms with Gasteiger partial charge < -0.3 is 10.5 Å². The summed E-state index contributed by atoms with van der Waals surface area (Å²) in [5.74, 6) is 0.834. The highest BCUT2D eigenvalue weighted by Crippen LogP contribution is 2.37. The number of sulfone groups is 1. The Labute approximate surface area is 120 Å². The Hall–Kier alpha value is -1.14. The van der Waals surface area contributed by atoms with Crippen LogP contribution in [0.25, 0.3) is 0 Å². The minimum Gasteiger partial charge on any atom is -0.495 e. The van der Waals surface area contributed by atoms with Gasteiger partial charge in [0.05, 0.1) is 18.6 Å². The van der Waals surface area contributed by atoms with Crippen molar-refractivity contribution in [1.82, 2.24) is 4.98 Å². The number of ether oxygens (including phenoxy) is 1. The van der Waals surface area contributed by atoms with Crippen LogP contribution in [-0.2, 0) is 9.84 Å². The van der Waals surface area contributed by atoms with E-state index < -0.39 is 9.84 Å². The monoisotopic (exact) mass is 298 g/mol. The molecule has 1 heterocycles. The normalized spacial score (nSPS) is 25.1. The number of hydrogen-bond acceptors (Lipinski definition) is 5. The summed E-state index contributed by atoms with van der Waals surface area (Å²) in [6.45, 7) is 0. The van der Waals surface area contributed by atoms with Crippen molar-refractivity contribution in [3.05, 3.63) is 24.0 Å². The molecule has 2 N–H and O–H groups in total. The van der Waals surface area contributed by atoms with Gasteiger partial charge in [0.25, 0.3) is 0 Å². The topological polar surface area (TPSA) is 82.3 Å². The third-order valence-corrected chi connectivity index (χ3v) is 5.81. The van der Waals surface area contributed by atoms with Gasteiger partial charge in [-0.25, -0.2) is 8.42 Å². The fourth-order valence-electron chi connectivity index (χ4n) is 2.99. The number of pyridine rings is 1. The van der Waals surface area contributed by atoms with Crippen molar-refractivity contribution in [3.8, 4) is 5.75 Å². The third-order valence-electron chi connectivity index (χ3n) is 4.18. The van der Waals surface area contributed by atoms with E-state index in [1.165, 1.54) is 6.26 Å². The Morgan fingerprint density at radius 3 is 2.85 bits per heavy atom. The molecule has 1 aromatic rings. The predicted molar refractivity (Wildman–Crippen MR) is 78.3 cm³/mol. The molecule has 0 amide bonds. The fourth-order valence-corrected chi connectivity index (χ4v) is 4.18. The maximum absolute atomic E-state index is 11.7. The molecule has 1 aliphatic carbocycles. The number of rotatable bonds is 4. The molecule has 3 atom stereocenters. The quantitative estimate of drug-likeness (QED) is 0.914. The van der Waals surface area contributed by atoms with Gasteiger partial charge >= 0.3 is 0 Å². The lowest BCUT2D eigenvalue weighted by molar-refractivity contribution is 0.301. The maximum atomic E-state index is 11.7. The first-order chi connectivity index (χ1) is 9.43. The van der Waals surface area contributed by atoms with Crippen molar-refractivity contribution in [2.45, 2.75) is 37.0 Å². The molecule has 0 aliphatic heterocycles. The first-order valence-electron chi connectivity index (χ1n) is 6.86. The van der Waals surface area contributed by atoms with Crippen molar-refractivity contribution >= 4 is 9.84 Å². The van der Waals surface area contributed by atoms with Crippen LogP contribution in [-0.4, -0.2) is 32.0 Å². The van der Waals surface area contributed by atoms with Crippen molar-refractivity contribution in [2.75, 3.05) is 13.4 Å². The van der Waals surface area contributed by atoms with E-state index in [4.69, 9.17) is 10.5 Å². The molecular weight excluding hydrogens is 276 g/mol. The highest BCUT2D eigenvalue weighted by atomic mass is 32.2. The average molecular weight is 298 g/mol. The summed E-state index contributed by atoms with van der Waals surface area (Å²) in [6, 6.07) is 1.64. The lowest BCUT2D eigenvalue weighted by Crippen LogP contribution is -2.33. The highest BCUT2D eigenvalue weighted by Gasteiger charge is 2.33. The van der Waals surface area contributed by atoms with E-state index in [1.807, 2.05) is 6.07 Å². The van der Waals surface area contributed by atoms with Gasteiger partial charge in [0.15, 0.2) is 0 Å². The molecule has 0 spiro atoms. The van der Waals surface area contributed by atoms with Crippen molar-refractivity contribution in [1.29, 1.82) is 0 Å². The van der Waals surface area contributed by atoms with Crippen LogP contribution in [0.1, 0.15) is 37.3 Å². The zero-order valence-corrected chi connectivity index (χ0v) is 12.8. The van der Waals surface area contributed by atoms with Gasteiger partial charge in [-0.1, -0.05) is 6.42 Å². The van der Waals surface area contributed by atoms with Crippen LogP contribution in [0.5, 0.6) is 5.75 Å². The van der Waals surface area contributed by atoms with Crippen molar-refractivity contribution in [3.63, 3.8) is 0 Å². The van der Waals surface area contributed by atoms with Crippen molar-refractivity contribution in [2.24, 2.45) is 11.7 Å². The van der Waals surface area contributed by atoms with Crippen LogP contribution >= 0.6 is 0 Å². The summed E-state index contributed by atoms with van der Waals surface area (Å²) in [6.07, 6.45) is 7.89. The van der Waals surface area contributed by atoms with Gasteiger partial charge in [0.1, 0.15) is 15.6 Å². The Morgan fingerprint density at radius 2 is 2.20 bits per heavy atom. The van der Waals surface area contributed by atoms with Gasteiger partial charge in [-0.3, -0.25) is 4.98 Å². The molecule has 5 nitrogen and oxygen atoms in total. The second-order valence-electron chi connectivity index (χ2n) is 5.52. The predicted octanol–water partition coefficient (Wildman–Crippen LogP) is 1.69. The summed E-state index contributed by atoms with van der Waals surface area (Å²) >= 11 is 0. The van der Waals surface area contributed by atoms with E-state index in [0.717, 1.165) is 24.8 Å². The molecule has 3 unspecified atom stereocenters. The maximum Gasteiger partial charge on any atom is 0.150 e. The van der Waals surface area contributed by atoms with Gasteiger partial charge in [0, 0.05) is 24.1 Å². The zero-order valence-electron chi connectivity index (χ0n) is 12.0. The Bertz CT molecular complexity index is 559. The lowest BCUT2D eigenvalue weighted by Gasteiger charge is -2.32. The Balaban J connectivity index is 2.18. The molecular formula is C14H22N2O3S.